The molecule has 3 nitrogen and oxygen atoms in total. The van der Waals surface area contributed by atoms with Gasteiger partial charge in [0.2, 0.25) is 0 Å². The standard InChI is InChI=1S/C11H13O3P/c1-3-7-10-8-5-6-9-11(10)14-15(12,13)4-2/h3-6,8-9H,1-2,7H2,(H,12,13). The van der Waals surface area contributed by atoms with Gasteiger partial charge in [-0.2, -0.15) is 0 Å². The van der Waals surface area contributed by atoms with Crippen molar-refractivity contribution in [2.24, 2.45) is 0 Å². The minimum Gasteiger partial charge on any atom is -0.421 e. The summed E-state index contributed by atoms with van der Waals surface area (Å²) in [5, 5.41) is 0. The summed E-state index contributed by atoms with van der Waals surface area (Å²) < 4.78 is 16.3. The number of hydrogen-bond acceptors (Lipinski definition) is 2. The van der Waals surface area contributed by atoms with E-state index in [-0.39, 0.29) is 0 Å². The van der Waals surface area contributed by atoms with Crippen molar-refractivity contribution in [1.29, 1.82) is 0 Å². The Balaban J connectivity index is 2.98. The Kier molecular flexibility index (Phi) is 3.89. The van der Waals surface area contributed by atoms with Gasteiger partial charge in [0, 0.05) is 5.82 Å². The zero-order valence-electron chi connectivity index (χ0n) is 8.30. The van der Waals surface area contributed by atoms with Crippen molar-refractivity contribution >= 4 is 7.60 Å². The van der Waals surface area contributed by atoms with Crippen LogP contribution >= 0.6 is 7.60 Å². The second-order valence-corrected chi connectivity index (χ2v) is 4.61. The SMILES string of the molecule is C=CCc1ccccc1OP(=O)(O)C=C. The summed E-state index contributed by atoms with van der Waals surface area (Å²) in [6.07, 6.45) is 2.30. The molecule has 0 saturated carbocycles. The highest BCUT2D eigenvalue weighted by molar-refractivity contribution is 7.56. The third-order valence-corrected chi connectivity index (χ3v) is 2.72. The van der Waals surface area contributed by atoms with Gasteiger partial charge >= 0.3 is 7.60 Å². The summed E-state index contributed by atoms with van der Waals surface area (Å²) in [5.74, 6) is 1.31. The Bertz CT molecular complexity index is 412. The second kappa shape index (κ2) is 4.96. The van der Waals surface area contributed by atoms with Crippen molar-refractivity contribution in [1.82, 2.24) is 0 Å². The topological polar surface area (TPSA) is 46.5 Å². The highest BCUT2D eigenvalue weighted by Crippen LogP contribution is 2.44. The molecule has 0 spiro atoms. The van der Waals surface area contributed by atoms with Gasteiger partial charge in [0.15, 0.2) is 0 Å². The van der Waals surface area contributed by atoms with Crippen LogP contribution in [0.25, 0.3) is 0 Å². The molecule has 15 heavy (non-hydrogen) atoms. The Morgan fingerprint density at radius 1 is 1.40 bits per heavy atom. The first kappa shape index (κ1) is 11.8. The van der Waals surface area contributed by atoms with Crippen LogP contribution in [0, 0.1) is 0 Å². The highest BCUT2D eigenvalue weighted by Gasteiger charge is 2.16. The molecule has 0 bridgehead atoms. The molecule has 80 valence electrons. The zero-order valence-corrected chi connectivity index (χ0v) is 9.19. The van der Waals surface area contributed by atoms with E-state index >= 15 is 0 Å². The second-order valence-electron chi connectivity index (χ2n) is 2.94. The molecular formula is C11H13O3P. The number of benzene rings is 1. The molecule has 0 radical (unpaired) electrons. The van der Waals surface area contributed by atoms with Gasteiger partial charge in [-0.15, -0.1) is 6.58 Å². The summed E-state index contributed by atoms with van der Waals surface area (Å²) in [6.45, 7) is 6.85. The van der Waals surface area contributed by atoms with Gasteiger partial charge in [0.05, 0.1) is 0 Å². The Hall–Kier alpha value is -1.31. The highest BCUT2D eigenvalue weighted by atomic mass is 31.2. The normalized spacial score (nSPS) is 13.9. The molecule has 1 N–H and O–H groups in total. The summed E-state index contributed by atoms with van der Waals surface area (Å²) in [5.41, 5.74) is 0.823. The molecule has 0 aliphatic carbocycles. The predicted octanol–water partition coefficient (Wildman–Crippen LogP) is 3.12. The van der Waals surface area contributed by atoms with Crippen LogP contribution in [0.2, 0.25) is 0 Å². The lowest BCUT2D eigenvalue weighted by atomic mass is 10.1. The summed E-state index contributed by atoms with van der Waals surface area (Å²) >= 11 is 0. The minimum absolute atomic E-state index is 0.392. The Labute approximate surface area is 89.2 Å². The van der Waals surface area contributed by atoms with Gasteiger partial charge in [0.25, 0.3) is 0 Å². The molecule has 1 unspecified atom stereocenters. The Morgan fingerprint density at radius 3 is 2.67 bits per heavy atom. The average Bonchev–Trinajstić information content (AvgIpc) is 2.21. The maximum absolute atomic E-state index is 11.3. The van der Waals surface area contributed by atoms with Gasteiger partial charge in [0.1, 0.15) is 5.75 Å². The van der Waals surface area contributed by atoms with Gasteiger partial charge in [-0.05, 0) is 18.1 Å². The molecule has 1 aromatic carbocycles. The van der Waals surface area contributed by atoms with Crippen LogP contribution in [0.3, 0.4) is 0 Å². The van der Waals surface area contributed by atoms with Crippen LogP contribution in [0.15, 0.2) is 49.3 Å². The maximum atomic E-state index is 11.3. The van der Waals surface area contributed by atoms with E-state index in [1.165, 1.54) is 0 Å². The summed E-state index contributed by atoms with van der Waals surface area (Å²) in [6, 6.07) is 7.04. The van der Waals surface area contributed by atoms with Crippen molar-refractivity contribution in [3.8, 4) is 5.75 Å². The van der Waals surface area contributed by atoms with E-state index in [9.17, 15) is 9.46 Å². The first-order valence-corrected chi connectivity index (χ1v) is 6.08. The lowest BCUT2D eigenvalue weighted by molar-refractivity contribution is 0.391. The monoisotopic (exact) mass is 224 g/mol. The molecule has 0 fully saturated rings. The summed E-state index contributed by atoms with van der Waals surface area (Å²) in [4.78, 5) is 9.26. The molecule has 1 rings (SSSR count). The Morgan fingerprint density at radius 2 is 2.07 bits per heavy atom. The van der Waals surface area contributed by atoms with Crippen molar-refractivity contribution < 1.29 is 14.0 Å². The first-order valence-electron chi connectivity index (χ1n) is 4.43. The predicted molar refractivity (Wildman–Crippen MR) is 61.0 cm³/mol. The fraction of sp³-hybridized carbons (Fsp3) is 0.0909. The molecular weight excluding hydrogens is 211 g/mol. The van der Waals surface area contributed by atoms with E-state index in [1.54, 1.807) is 18.2 Å². The lowest BCUT2D eigenvalue weighted by Gasteiger charge is -2.12. The minimum atomic E-state index is -3.72. The summed E-state index contributed by atoms with van der Waals surface area (Å²) in [7, 11) is -3.72. The van der Waals surface area contributed by atoms with Crippen molar-refractivity contribution in [2.75, 3.05) is 0 Å². The average molecular weight is 224 g/mol. The van der Waals surface area contributed by atoms with Crippen molar-refractivity contribution in [2.45, 2.75) is 6.42 Å². The number of rotatable bonds is 5. The molecule has 1 atom stereocenters. The molecule has 1 aromatic rings. The fourth-order valence-electron chi connectivity index (χ4n) is 1.10. The third-order valence-electron chi connectivity index (χ3n) is 1.80. The van der Waals surface area contributed by atoms with E-state index in [1.807, 2.05) is 12.1 Å². The van der Waals surface area contributed by atoms with Crippen LogP contribution in [0.1, 0.15) is 5.56 Å². The van der Waals surface area contributed by atoms with Gasteiger partial charge < -0.3 is 9.42 Å². The van der Waals surface area contributed by atoms with E-state index < -0.39 is 7.60 Å². The molecule has 0 aliphatic heterocycles. The van der Waals surface area contributed by atoms with Crippen LogP contribution in [0.4, 0.5) is 0 Å². The molecule has 0 amide bonds. The van der Waals surface area contributed by atoms with Gasteiger partial charge in [-0.1, -0.05) is 30.9 Å². The van der Waals surface area contributed by atoms with Gasteiger partial charge in [-0.25, -0.2) is 4.57 Å². The third kappa shape index (κ3) is 3.39. The smallest absolute Gasteiger partial charge is 0.400 e. The van der Waals surface area contributed by atoms with E-state index in [2.05, 4.69) is 13.2 Å². The van der Waals surface area contributed by atoms with Crippen LogP contribution < -0.4 is 4.52 Å². The molecule has 4 heteroatoms. The first-order chi connectivity index (χ1) is 7.09. The van der Waals surface area contributed by atoms with E-state index in [4.69, 9.17) is 4.52 Å². The largest absolute Gasteiger partial charge is 0.421 e. The lowest BCUT2D eigenvalue weighted by Crippen LogP contribution is -1.93. The van der Waals surface area contributed by atoms with Gasteiger partial charge in [-0.3, -0.25) is 0 Å². The molecule has 0 aromatic heterocycles. The molecule has 0 aliphatic rings. The number of hydrogen-bond donors (Lipinski definition) is 1. The zero-order chi connectivity index (χ0) is 11.3. The maximum Gasteiger partial charge on any atom is 0.400 e. The van der Waals surface area contributed by atoms with Crippen LogP contribution in [0.5, 0.6) is 5.75 Å². The molecule has 0 saturated heterocycles. The number of para-hydroxylation sites is 1. The van der Waals surface area contributed by atoms with Crippen LogP contribution in [-0.4, -0.2) is 4.89 Å². The van der Waals surface area contributed by atoms with Crippen molar-refractivity contribution in [3.05, 3.63) is 54.9 Å². The van der Waals surface area contributed by atoms with Crippen molar-refractivity contribution in [3.63, 3.8) is 0 Å². The fourth-order valence-corrected chi connectivity index (χ4v) is 1.63. The quantitative estimate of drug-likeness (QED) is 0.617. The van der Waals surface area contributed by atoms with E-state index in [0.29, 0.717) is 12.2 Å². The van der Waals surface area contributed by atoms with E-state index in [0.717, 1.165) is 11.4 Å². The van der Waals surface area contributed by atoms with Crippen LogP contribution in [-0.2, 0) is 11.0 Å². The molecule has 0 heterocycles. The number of allylic oxidation sites excluding steroid dienone is 1.